The third kappa shape index (κ3) is 3.70. The summed E-state index contributed by atoms with van der Waals surface area (Å²) in [6.45, 7) is 4.22. The molecule has 0 bridgehead atoms. The molecule has 5 heteroatoms. The Kier molecular flexibility index (Phi) is 4.75. The van der Waals surface area contributed by atoms with Gasteiger partial charge in [0.05, 0.1) is 12.6 Å². The maximum Gasteiger partial charge on any atom is 0.287 e. The third-order valence-corrected chi connectivity index (χ3v) is 3.27. The predicted molar refractivity (Wildman–Crippen MR) is 78.0 cm³/mol. The molecule has 2 aromatic rings. The van der Waals surface area contributed by atoms with E-state index in [1.54, 1.807) is 24.3 Å². The summed E-state index contributed by atoms with van der Waals surface area (Å²) in [6, 6.07) is 9.18. The fraction of sp³-hybridized carbons (Fsp3) is 0.312. The van der Waals surface area contributed by atoms with Gasteiger partial charge in [-0.25, -0.2) is 4.39 Å². The average molecular weight is 290 g/mol. The van der Waals surface area contributed by atoms with E-state index in [0.29, 0.717) is 5.76 Å². The first-order valence-electron chi connectivity index (χ1n) is 6.86. The van der Waals surface area contributed by atoms with Crippen LogP contribution in [0, 0.1) is 11.7 Å². The quantitative estimate of drug-likeness (QED) is 0.889. The first-order chi connectivity index (χ1) is 10.0. The van der Waals surface area contributed by atoms with E-state index in [1.165, 1.54) is 12.1 Å². The summed E-state index contributed by atoms with van der Waals surface area (Å²) in [5, 5.41) is 2.91. The molecule has 0 radical (unpaired) electrons. The second-order valence-corrected chi connectivity index (χ2v) is 5.22. The van der Waals surface area contributed by atoms with Crippen LogP contribution in [0.4, 0.5) is 4.39 Å². The maximum absolute atomic E-state index is 13.0. The van der Waals surface area contributed by atoms with Crippen molar-refractivity contribution in [2.45, 2.75) is 26.4 Å². The molecule has 0 aliphatic heterocycles. The SMILES string of the molecule is CC(C)C(NC(=O)c1ccc(CN)o1)c1ccc(F)cc1. The van der Waals surface area contributed by atoms with Gasteiger partial charge < -0.3 is 15.5 Å². The largest absolute Gasteiger partial charge is 0.455 e. The molecule has 0 spiro atoms. The fourth-order valence-electron chi connectivity index (χ4n) is 2.13. The molecular weight excluding hydrogens is 271 g/mol. The first kappa shape index (κ1) is 15.3. The Labute approximate surface area is 123 Å². The molecule has 0 saturated heterocycles. The molecular formula is C16H19FN2O2. The van der Waals surface area contributed by atoms with Crippen molar-refractivity contribution >= 4 is 5.91 Å². The highest BCUT2D eigenvalue weighted by Crippen LogP contribution is 2.22. The molecule has 1 heterocycles. The van der Waals surface area contributed by atoms with Gasteiger partial charge >= 0.3 is 0 Å². The average Bonchev–Trinajstić information content (AvgIpc) is 2.94. The van der Waals surface area contributed by atoms with Crippen LogP contribution in [0.25, 0.3) is 0 Å². The zero-order valence-corrected chi connectivity index (χ0v) is 12.1. The van der Waals surface area contributed by atoms with Crippen molar-refractivity contribution in [3.05, 3.63) is 59.3 Å². The van der Waals surface area contributed by atoms with Gasteiger partial charge in [-0.05, 0) is 35.7 Å². The Morgan fingerprint density at radius 3 is 2.43 bits per heavy atom. The van der Waals surface area contributed by atoms with E-state index >= 15 is 0 Å². The van der Waals surface area contributed by atoms with E-state index in [1.807, 2.05) is 13.8 Å². The molecule has 3 N–H and O–H groups in total. The molecule has 0 aliphatic rings. The smallest absolute Gasteiger partial charge is 0.287 e. The van der Waals surface area contributed by atoms with Crippen LogP contribution in [0.1, 0.15) is 41.8 Å². The van der Waals surface area contributed by atoms with Gasteiger partial charge in [0.1, 0.15) is 11.6 Å². The number of furan rings is 1. The molecule has 0 fully saturated rings. The summed E-state index contributed by atoms with van der Waals surface area (Å²) < 4.78 is 18.3. The van der Waals surface area contributed by atoms with E-state index in [2.05, 4.69) is 5.32 Å². The normalized spacial score (nSPS) is 12.4. The Morgan fingerprint density at radius 1 is 1.24 bits per heavy atom. The van der Waals surface area contributed by atoms with Crippen LogP contribution in [-0.2, 0) is 6.54 Å². The minimum absolute atomic E-state index is 0.156. The third-order valence-electron chi connectivity index (χ3n) is 3.27. The summed E-state index contributed by atoms with van der Waals surface area (Å²) in [7, 11) is 0. The van der Waals surface area contributed by atoms with E-state index in [4.69, 9.17) is 10.2 Å². The van der Waals surface area contributed by atoms with Crippen LogP contribution in [0.5, 0.6) is 0 Å². The molecule has 1 aromatic heterocycles. The summed E-state index contributed by atoms with van der Waals surface area (Å²) >= 11 is 0. The second kappa shape index (κ2) is 6.54. The molecule has 1 aromatic carbocycles. The molecule has 0 saturated carbocycles. The summed E-state index contributed by atoms with van der Waals surface area (Å²) in [4.78, 5) is 12.2. The number of carbonyl (C=O) groups is 1. The second-order valence-electron chi connectivity index (χ2n) is 5.22. The van der Waals surface area contributed by atoms with Crippen LogP contribution < -0.4 is 11.1 Å². The predicted octanol–water partition coefficient (Wildman–Crippen LogP) is 3.00. The number of carbonyl (C=O) groups excluding carboxylic acids is 1. The van der Waals surface area contributed by atoms with Gasteiger partial charge in [-0.3, -0.25) is 4.79 Å². The van der Waals surface area contributed by atoms with Crippen LogP contribution in [0.3, 0.4) is 0 Å². The zero-order valence-electron chi connectivity index (χ0n) is 12.1. The van der Waals surface area contributed by atoms with Gasteiger partial charge in [-0.15, -0.1) is 0 Å². The Balaban J connectivity index is 2.16. The van der Waals surface area contributed by atoms with Gasteiger partial charge in [0.15, 0.2) is 5.76 Å². The van der Waals surface area contributed by atoms with Crippen molar-refractivity contribution in [3.8, 4) is 0 Å². The van der Waals surface area contributed by atoms with E-state index in [0.717, 1.165) is 5.56 Å². The first-order valence-corrected chi connectivity index (χ1v) is 6.86. The monoisotopic (exact) mass is 290 g/mol. The fourth-order valence-corrected chi connectivity index (χ4v) is 2.13. The maximum atomic E-state index is 13.0. The lowest BCUT2D eigenvalue weighted by atomic mass is 9.96. The summed E-state index contributed by atoms with van der Waals surface area (Å²) in [6.07, 6.45) is 0. The molecule has 4 nitrogen and oxygen atoms in total. The van der Waals surface area contributed by atoms with Crippen LogP contribution in [0.2, 0.25) is 0 Å². The topological polar surface area (TPSA) is 68.3 Å². The van der Waals surface area contributed by atoms with E-state index in [-0.39, 0.29) is 36.0 Å². The van der Waals surface area contributed by atoms with Gasteiger partial charge in [-0.2, -0.15) is 0 Å². The van der Waals surface area contributed by atoms with Gasteiger partial charge in [0, 0.05) is 0 Å². The van der Waals surface area contributed by atoms with Crippen molar-refractivity contribution in [1.82, 2.24) is 5.32 Å². The highest BCUT2D eigenvalue weighted by molar-refractivity contribution is 5.91. The molecule has 112 valence electrons. The lowest BCUT2D eigenvalue weighted by Crippen LogP contribution is -2.31. The molecule has 1 atom stereocenters. The number of nitrogens with one attached hydrogen (secondary N) is 1. The van der Waals surface area contributed by atoms with E-state index < -0.39 is 0 Å². The van der Waals surface area contributed by atoms with Crippen LogP contribution >= 0.6 is 0 Å². The summed E-state index contributed by atoms with van der Waals surface area (Å²) in [5.41, 5.74) is 6.31. The molecule has 2 rings (SSSR count). The van der Waals surface area contributed by atoms with Gasteiger partial charge in [0.25, 0.3) is 5.91 Å². The number of nitrogens with two attached hydrogens (primary N) is 1. The number of halogens is 1. The molecule has 1 unspecified atom stereocenters. The standard InChI is InChI=1S/C16H19FN2O2/c1-10(2)15(11-3-5-12(17)6-4-11)19-16(20)14-8-7-13(9-18)21-14/h3-8,10,15H,9,18H2,1-2H3,(H,19,20). The minimum Gasteiger partial charge on any atom is -0.455 e. The number of benzene rings is 1. The van der Waals surface area contributed by atoms with Crippen molar-refractivity contribution in [3.63, 3.8) is 0 Å². The van der Waals surface area contributed by atoms with Crippen molar-refractivity contribution in [2.24, 2.45) is 11.7 Å². The molecule has 21 heavy (non-hydrogen) atoms. The number of hydrogen-bond donors (Lipinski definition) is 2. The lowest BCUT2D eigenvalue weighted by Gasteiger charge is -2.22. The highest BCUT2D eigenvalue weighted by atomic mass is 19.1. The van der Waals surface area contributed by atoms with Crippen LogP contribution in [-0.4, -0.2) is 5.91 Å². The Hall–Kier alpha value is -2.14. The number of rotatable bonds is 5. The minimum atomic E-state index is -0.308. The van der Waals surface area contributed by atoms with Crippen LogP contribution in [0.15, 0.2) is 40.8 Å². The Morgan fingerprint density at radius 2 is 1.90 bits per heavy atom. The summed E-state index contributed by atoms with van der Waals surface area (Å²) in [5.74, 6) is 0.332. The van der Waals surface area contributed by atoms with Crippen molar-refractivity contribution in [1.29, 1.82) is 0 Å². The van der Waals surface area contributed by atoms with Gasteiger partial charge in [0.2, 0.25) is 0 Å². The Bertz CT molecular complexity index is 605. The highest BCUT2D eigenvalue weighted by Gasteiger charge is 2.21. The lowest BCUT2D eigenvalue weighted by molar-refractivity contribution is 0.0895. The van der Waals surface area contributed by atoms with E-state index in [9.17, 15) is 9.18 Å². The molecule has 0 aliphatic carbocycles. The number of amides is 1. The molecule has 1 amide bonds. The van der Waals surface area contributed by atoms with Gasteiger partial charge in [-0.1, -0.05) is 26.0 Å². The zero-order chi connectivity index (χ0) is 15.4. The van der Waals surface area contributed by atoms with Crippen molar-refractivity contribution in [2.75, 3.05) is 0 Å². The number of hydrogen-bond acceptors (Lipinski definition) is 3. The van der Waals surface area contributed by atoms with Crippen molar-refractivity contribution < 1.29 is 13.6 Å².